The van der Waals surface area contributed by atoms with E-state index >= 15 is 0 Å². The van der Waals surface area contributed by atoms with E-state index in [4.69, 9.17) is 0 Å². The Balaban J connectivity index is 2.31. The van der Waals surface area contributed by atoms with Crippen LogP contribution in [0.2, 0.25) is 0 Å². The first-order chi connectivity index (χ1) is 4.69. The molecule has 0 radical (unpaired) electrons. The van der Waals surface area contributed by atoms with Crippen LogP contribution in [-0.2, 0) is 4.79 Å². The Hall–Kier alpha value is -0.530. The van der Waals surface area contributed by atoms with Gasteiger partial charge in [-0.2, -0.15) is 0 Å². The van der Waals surface area contributed by atoms with Crippen molar-refractivity contribution in [1.82, 2.24) is 5.32 Å². The maximum absolute atomic E-state index is 10.9. The Labute approximate surface area is 62.0 Å². The molecule has 0 aromatic heterocycles. The van der Waals surface area contributed by atoms with Gasteiger partial charge < -0.3 is 5.32 Å². The molecule has 1 amide bonds. The van der Waals surface area contributed by atoms with Gasteiger partial charge in [0, 0.05) is 6.54 Å². The van der Waals surface area contributed by atoms with Crippen molar-refractivity contribution in [3.63, 3.8) is 0 Å². The van der Waals surface area contributed by atoms with Crippen molar-refractivity contribution in [1.29, 1.82) is 0 Å². The molecule has 0 aliphatic carbocycles. The molecule has 0 aromatic carbocycles. The van der Waals surface area contributed by atoms with Crippen molar-refractivity contribution < 1.29 is 4.79 Å². The number of nitrogens with one attached hydrogen (secondary N) is 1. The van der Waals surface area contributed by atoms with E-state index in [1.54, 1.807) is 0 Å². The average Bonchev–Trinajstić information content (AvgIpc) is 1.97. The monoisotopic (exact) mass is 141 g/mol. The summed E-state index contributed by atoms with van der Waals surface area (Å²) in [4.78, 5) is 10.9. The van der Waals surface area contributed by atoms with Crippen LogP contribution in [-0.4, -0.2) is 12.5 Å². The number of unbranched alkanes of at least 4 members (excludes halogenated alkanes) is 1. The normalized spacial score (nSPS) is 31.2. The van der Waals surface area contributed by atoms with Gasteiger partial charge in [-0.1, -0.05) is 19.8 Å². The molecular weight excluding hydrogens is 126 g/mol. The first-order valence-electron chi connectivity index (χ1n) is 3.97. The summed E-state index contributed by atoms with van der Waals surface area (Å²) < 4.78 is 0. The fraction of sp³-hybridized carbons (Fsp3) is 0.875. The molecule has 1 heterocycles. The molecule has 1 N–H and O–H groups in total. The molecule has 2 heteroatoms. The lowest BCUT2D eigenvalue weighted by Gasteiger charge is -2.37. The maximum Gasteiger partial charge on any atom is 0.227 e. The fourth-order valence-corrected chi connectivity index (χ4v) is 1.23. The number of carbonyl (C=O) groups excluding carboxylic acids is 1. The third-order valence-corrected chi connectivity index (χ3v) is 2.27. The van der Waals surface area contributed by atoms with E-state index in [1.165, 1.54) is 12.8 Å². The second kappa shape index (κ2) is 2.60. The van der Waals surface area contributed by atoms with Gasteiger partial charge in [0.1, 0.15) is 0 Å². The Bertz CT molecular complexity index is 144. The van der Waals surface area contributed by atoms with Gasteiger partial charge in [-0.15, -0.1) is 0 Å². The van der Waals surface area contributed by atoms with E-state index in [-0.39, 0.29) is 11.3 Å². The predicted octanol–water partition coefficient (Wildman–Crippen LogP) is 1.31. The minimum absolute atomic E-state index is 0.0178. The zero-order valence-corrected chi connectivity index (χ0v) is 6.74. The summed E-state index contributed by atoms with van der Waals surface area (Å²) in [6.07, 6.45) is 3.40. The van der Waals surface area contributed by atoms with Crippen LogP contribution in [0.5, 0.6) is 0 Å². The molecule has 1 atom stereocenters. The molecule has 0 spiro atoms. The minimum Gasteiger partial charge on any atom is -0.355 e. The number of β-lactam (4-membered cyclic amide) rings is 1. The summed E-state index contributed by atoms with van der Waals surface area (Å²) >= 11 is 0. The van der Waals surface area contributed by atoms with Crippen LogP contribution in [0, 0.1) is 5.41 Å². The molecule has 1 rings (SSSR count). The fourth-order valence-electron chi connectivity index (χ4n) is 1.23. The van der Waals surface area contributed by atoms with E-state index in [0.717, 1.165) is 13.0 Å². The second-order valence-corrected chi connectivity index (χ2v) is 3.35. The van der Waals surface area contributed by atoms with Crippen LogP contribution >= 0.6 is 0 Å². The lowest BCUT2D eigenvalue weighted by Crippen LogP contribution is -2.57. The molecule has 58 valence electrons. The molecular formula is C8H15NO. The zero-order chi connectivity index (χ0) is 7.61. The summed E-state index contributed by atoms with van der Waals surface area (Å²) in [6.45, 7) is 5.08. The molecule has 2 nitrogen and oxygen atoms in total. The van der Waals surface area contributed by atoms with Crippen molar-refractivity contribution in [2.24, 2.45) is 5.41 Å². The number of amides is 1. The average molecular weight is 141 g/mol. The lowest BCUT2D eigenvalue weighted by atomic mass is 9.78. The molecule has 1 fully saturated rings. The summed E-state index contributed by atoms with van der Waals surface area (Å²) in [5.74, 6) is 0.237. The zero-order valence-electron chi connectivity index (χ0n) is 6.74. The predicted molar refractivity (Wildman–Crippen MR) is 40.6 cm³/mol. The molecule has 0 saturated carbocycles. The van der Waals surface area contributed by atoms with Crippen LogP contribution in [0.15, 0.2) is 0 Å². The van der Waals surface area contributed by atoms with Gasteiger partial charge in [0.05, 0.1) is 5.41 Å². The molecule has 1 aliphatic rings. The smallest absolute Gasteiger partial charge is 0.227 e. The van der Waals surface area contributed by atoms with Crippen molar-refractivity contribution >= 4 is 5.91 Å². The molecule has 1 aliphatic heterocycles. The van der Waals surface area contributed by atoms with Crippen molar-refractivity contribution in [2.45, 2.75) is 33.1 Å². The van der Waals surface area contributed by atoms with E-state index < -0.39 is 0 Å². The largest absolute Gasteiger partial charge is 0.355 e. The van der Waals surface area contributed by atoms with E-state index in [2.05, 4.69) is 12.2 Å². The Morgan fingerprint density at radius 2 is 2.40 bits per heavy atom. The summed E-state index contributed by atoms with van der Waals surface area (Å²) in [5, 5.41) is 2.77. The van der Waals surface area contributed by atoms with Crippen LogP contribution < -0.4 is 5.32 Å². The molecule has 1 unspecified atom stereocenters. The van der Waals surface area contributed by atoms with Crippen molar-refractivity contribution in [3.8, 4) is 0 Å². The highest BCUT2D eigenvalue weighted by Gasteiger charge is 2.40. The quantitative estimate of drug-likeness (QED) is 0.590. The van der Waals surface area contributed by atoms with Crippen molar-refractivity contribution in [3.05, 3.63) is 0 Å². The number of carbonyl (C=O) groups is 1. The van der Waals surface area contributed by atoms with Crippen LogP contribution in [0.1, 0.15) is 33.1 Å². The van der Waals surface area contributed by atoms with Crippen LogP contribution in [0.3, 0.4) is 0 Å². The highest BCUT2D eigenvalue weighted by atomic mass is 16.2. The van der Waals surface area contributed by atoms with Gasteiger partial charge in [0.25, 0.3) is 0 Å². The second-order valence-electron chi connectivity index (χ2n) is 3.35. The number of hydrogen-bond donors (Lipinski definition) is 1. The maximum atomic E-state index is 10.9. The Morgan fingerprint density at radius 1 is 1.70 bits per heavy atom. The summed E-state index contributed by atoms with van der Waals surface area (Å²) in [5.41, 5.74) is -0.0178. The van der Waals surface area contributed by atoms with Gasteiger partial charge in [-0.25, -0.2) is 0 Å². The van der Waals surface area contributed by atoms with Gasteiger partial charge in [-0.3, -0.25) is 4.79 Å². The van der Waals surface area contributed by atoms with E-state index in [0.29, 0.717) is 0 Å². The highest BCUT2D eigenvalue weighted by molar-refractivity contribution is 5.88. The van der Waals surface area contributed by atoms with E-state index in [9.17, 15) is 4.79 Å². The molecule has 10 heavy (non-hydrogen) atoms. The van der Waals surface area contributed by atoms with Crippen LogP contribution in [0.4, 0.5) is 0 Å². The topological polar surface area (TPSA) is 29.1 Å². The standard InChI is InChI=1S/C8H15NO/c1-3-4-5-8(2)6-9-7(8)10/h3-6H2,1-2H3,(H,9,10). The van der Waals surface area contributed by atoms with Gasteiger partial charge in [0.15, 0.2) is 0 Å². The third kappa shape index (κ3) is 1.15. The number of hydrogen-bond acceptors (Lipinski definition) is 1. The summed E-state index contributed by atoms with van der Waals surface area (Å²) in [6, 6.07) is 0. The summed E-state index contributed by atoms with van der Waals surface area (Å²) in [7, 11) is 0. The number of rotatable bonds is 3. The molecule has 0 bridgehead atoms. The SMILES string of the molecule is CCCCC1(C)CNC1=O. The minimum atomic E-state index is -0.0178. The van der Waals surface area contributed by atoms with Gasteiger partial charge in [-0.05, 0) is 13.3 Å². The lowest BCUT2D eigenvalue weighted by molar-refractivity contribution is -0.139. The third-order valence-electron chi connectivity index (χ3n) is 2.27. The van der Waals surface area contributed by atoms with Crippen molar-refractivity contribution in [2.75, 3.05) is 6.54 Å². The first-order valence-corrected chi connectivity index (χ1v) is 3.97. The first kappa shape index (κ1) is 7.58. The van der Waals surface area contributed by atoms with E-state index in [1.807, 2.05) is 6.92 Å². The Kier molecular flexibility index (Phi) is 1.97. The Morgan fingerprint density at radius 3 is 2.70 bits per heavy atom. The van der Waals surface area contributed by atoms with Gasteiger partial charge in [0.2, 0.25) is 5.91 Å². The van der Waals surface area contributed by atoms with Gasteiger partial charge >= 0.3 is 0 Å². The van der Waals surface area contributed by atoms with Crippen LogP contribution in [0.25, 0.3) is 0 Å². The molecule has 0 aromatic rings. The highest BCUT2D eigenvalue weighted by Crippen LogP contribution is 2.29. The molecule has 1 saturated heterocycles.